The van der Waals surface area contributed by atoms with Gasteiger partial charge in [-0.1, -0.05) is 22.8 Å². The third-order valence-electron chi connectivity index (χ3n) is 6.84. The Morgan fingerprint density at radius 2 is 1.85 bits per heavy atom. The van der Waals surface area contributed by atoms with Crippen molar-refractivity contribution in [2.45, 2.75) is 38.6 Å². The van der Waals surface area contributed by atoms with Crippen LogP contribution in [0.15, 0.2) is 34.9 Å². The zero-order chi connectivity index (χ0) is 28.1. The summed E-state index contributed by atoms with van der Waals surface area (Å²) in [6.45, 7) is 2.08. The van der Waals surface area contributed by atoms with Crippen LogP contribution in [-0.4, -0.2) is 50.9 Å². The number of aromatic nitrogens is 1. The lowest BCUT2D eigenvalue weighted by Gasteiger charge is -2.16. The maximum Gasteiger partial charge on any atom is 0.257 e. The van der Waals surface area contributed by atoms with E-state index < -0.39 is 11.7 Å². The highest BCUT2D eigenvalue weighted by atomic mass is 35.5. The van der Waals surface area contributed by atoms with E-state index in [-0.39, 0.29) is 51.9 Å². The molecule has 2 aromatic carbocycles. The van der Waals surface area contributed by atoms with Crippen molar-refractivity contribution in [3.63, 3.8) is 0 Å². The monoisotopic (exact) mass is 559 g/mol. The Kier molecular flexibility index (Phi) is 8.96. The lowest BCUT2D eigenvalue weighted by molar-refractivity contribution is -0.120. The third kappa shape index (κ3) is 6.27. The van der Waals surface area contributed by atoms with Gasteiger partial charge in [0.2, 0.25) is 11.7 Å². The first kappa shape index (κ1) is 28.2. The molecule has 4 rings (SSSR count). The predicted octanol–water partition coefficient (Wildman–Crippen LogP) is 4.73. The van der Waals surface area contributed by atoms with Crippen LogP contribution in [0.4, 0.5) is 4.39 Å². The first-order chi connectivity index (χ1) is 18.7. The van der Waals surface area contributed by atoms with Crippen LogP contribution < -0.4 is 24.8 Å². The average molecular weight is 560 g/mol. The van der Waals surface area contributed by atoms with E-state index in [9.17, 15) is 14.0 Å². The first-order valence-corrected chi connectivity index (χ1v) is 12.9. The second kappa shape index (κ2) is 12.4. The minimum absolute atomic E-state index is 0.0280. The Morgan fingerprint density at radius 3 is 2.49 bits per heavy atom. The van der Waals surface area contributed by atoms with Gasteiger partial charge < -0.3 is 29.4 Å². The Bertz CT molecular complexity index is 1320. The highest BCUT2D eigenvalue weighted by molar-refractivity contribution is 6.33. The molecule has 2 amide bonds. The number of methoxy groups -OCH3 is 3. The van der Waals surface area contributed by atoms with Gasteiger partial charge >= 0.3 is 0 Å². The van der Waals surface area contributed by atoms with Crippen molar-refractivity contribution >= 4 is 23.4 Å². The normalized spacial score (nSPS) is 16.6. The highest BCUT2D eigenvalue weighted by Crippen LogP contribution is 2.38. The Hall–Kier alpha value is -3.79. The van der Waals surface area contributed by atoms with E-state index in [0.717, 1.165) is 18.4 Å². The summed E-state index contributed by atoms with van der Waals surface area (Å²) in [7, 11) is 4.57. The lowest BCUT2D eigenvalue weighted by atomic mass is 10.0. The van der Waals surface area contributed by atoms with E-state index >= 15 is 0 Å². The predicted molar refractivity (Wildman–Crippen MR) is 143 cm³/mol. The van der Waals surface area contributed by atoms with Crippen LogP contribution in [0, 0.1) is 18.7 Å². The molecular weight excluding hydrogens is 529 g/mol. The fourth-order valence-electron chi connectivity index (χ4n) is 4.93. The van der Waals surface area contributed by atoms with E-state index in [2.05, 4.69) is 15.8 Å². The van der Waals surface area contributed by atoms with E-state index in [1.165, 1.54) is 39.5 Å². The molecule has 1 unspecified atom stereocenters. The molecule has 11 heteroatoms. The molecule has 1 aliphatic carbocycles. The topological polar surface area (TPSA) is 112 Å². The molecule has 208 valence electrons. The van der Waals surface area contributed by atoms with Crippen LogP contribution in [0.25, 0.3) is 11.3 Å². The summed E-state index contributed by atoms with van der Waals surface area (Å²) in [6.07, 6.45) is 2.43. The number of nitrogens with zero attached hydrogens (tertiary/aromatic N) is 1. The van der Waals surface area contributed by atoms with Crippen LogP contribution in [0.5, 0.6) is 17.2 Å². The summed E-state index contributed by atoms with van der Waals surface area (Å²) in [5.74, 6) is 0.777. The molecule has 9 nitrogen and oxygen atoms in total. The SMILES string of the molecule is COc1cc(CC(=O)NCC2CC[C@H](NC(=O)c3c(-c4c(F)cccc4Cl)noc3C)C2)cc(OC)c1OC. The van der Waals surface area contributed by atoms with Crippen LogP contribution in [0.1, 0.15) is 40.9 Å². The summed E-state index contributed by atoms with van der Waals surface area (Å²) >= 11 is 6.19. The van der Waals surface area contributed by atoms with Crippen LogP contribution in [0.2, 0.25) is 5.02 Å². The largest absolute Gasteiger partial charge is 0.493 e. The molecule has 0 spiro atoms. The number of amides is 2. The van der Waals surface area contributed by atoms with E-state index in [1.54, 1.807) is 19.1 Å². The summed E-state index contributed by atoms with van der Waals surface area (Å²) in [5, 5.41) is 10.0. The molecule has 3 aromatic rings. The summed E-state index contributed by atoms with van der Waals surface area (Å²) in [4.78, 5) is 25.8. The van der Waals surface area contributed by atoms with Gasteiger partial charge in [0.25, 0.3) is 5.91 Å². The summed E-state index contributed by atoms with van der Waals surface area (Å²) in [5.41, 5.74) is 0.986. The Labute approximate surface area is 230 Å². The van der Waals surface area contributed by atoms with Gasteiger partial charge in [0.05, 0.1) is 38.3 Å². The zero-order valence-corrected chi connectivity index (χ0v) is 23.0. The van der Waals surface area contributed by atoms with Gasteiger partial charge in [0.15, 0.2) is 11.5 Å². The number of rotatable bonds is 10. The molecule has 0 bridgehead atoms. The molecule has 1 saturated carbocycles. The van der Waals surface area contributed by atoms with Crippen LogP contribution >= 0.6 is 11.6 Å². The second-order valence-electron chi connectivity index (χ2n) is 9.42. The molecule has 1 aromatic heterocycles. The first-order valence-electron chi connectivity index (χ1n) is 12.5. The van der Waals surface area contributed by atoms with Gasteiger partial charge in [0.1, 0.15) is 22.8 Å². The van der Waals surface area contributed by atoms with E-state index in [0.29, 0.717) is 30.2 Å². The van der Waals surface area contributed by atoms with Crippen molar-refractivity contribution in [3.05, 3.63) is 58.1 Å². The molecule has 0 radical (unpaired) electrons. The van der Waals surface area contributed by atoms with Crippen molar-refractivity contribution in [3.8, 4) is 28.5 Å². The number of aryl methyl sites for hydroxylation is 1. The number of nitrogens with one attached hydrogen (secondary N) is 2. The maximum atomic E-state index is 14.5. The Morgan fingerprint density at radius 1 is 1.13 bits per heavy atom. The number of ether oxygens (including phenoxy) is 3. The minimum atomic E-state index is -0.590. The highest BCUT2D eigenvalue weighted by Gasteiger charge is 2.30. The van der Waals surface area contributed by atoms with Crippen molar-refractivity contribution in [1.29, 1.82) is 0 Å². The van der Waals surface area contributed by atoms with Crippen LogP contribution in [0.3, 0.4) is 0 Å². The number of benzene rings is 2. The number of hydrogen-bond donors (Lipinski definition) is 2. The van der Waals surface area contributed by atoms with Gasteiger partial charge in [0, 0.05) is 12.6 Å². The molecule has 2 N–H and O–H groups in total. The minimum Gasteiger partial charge on any atom is -0.493 e. The van der Waals surface area contributed by atoms with E-state index in [4.69, 9.17) is 30.3 Å². The van der Waals surface area contributed by atoms with E-state index in [1.807, 2.05) is 0 Å². The summed E-state index contributed by atoms with van der Waals surface area (Å²) in [6, 6.07) is 7.66. The standard InChI is InChI=1S/C28H31ClFN3O6/c1-15-24(26(33-39-15)25-19(29)6-5-7-20(25)30)28(35)32-18-9-8-16(10-18)14-31-23(34)13-17-11-21(36-2)27(38-4)22(12-17)37-3/h5-7,11-12,16,18H,8-10,13-14H2,1-4H3,(H,31,34)(H,32,35)/t16?,18-/m0/s1. The van der Waals surface area contributed by atoms with Crippen molar-refractivity contribution < 1.29 is 32.7 Å². The molecule has 0 aliphatic heterocycles. The maximum absolute atomic E-state index is 14.5. The fraction of sp³-hybridized carbons (Fsp3) is 0.393. The molecular formula is C28H31ClFN3O6. The number of halogens is 2. The molecule has 1 aliphatic rings. The van der Waals surface area contributed by atoms with Crippen LogP contribution in [-0.2, 0) is 11.2 Å². The van der Waals surface area contributed by atoms with Gasteiger partial charge in [-0.2, -0.15) is 0 Å². The number of hydrogen-bond acceptors (Lipinski definition) is 7. The smallest absolute Gasteiger partial charge is 0.257 e. The summed E-state index contributed by atoms with van der Waals surface area (Å²) < 4.78 is 35.8. The van der Waals surface area contributed by atoms with Gasteiger partial charge in [-0.05, 0) is 61.9 Å². The van der Waals surface area contributed by atoms with Crippen molar-refractivity contribution in [2.75, 3.05) is 27.9 Å². The second-order valence-corrected chi connectivity index (χ2v) is 9.83. The van der Waals surface area contributed by atoms with Gasteiger partial charge in [-0.15, -0.1) is 0 Å². The third-order valence-corrected chi connectivity index (χ3v) is 7.16. The molecule has 39 heavy (non-hydrogen) atoms. The fourth-order valence-corrected chi connectivity index (χ4v) is 5.18. The van der Waals surface area contributed by atoms with Gasteiger partial charge in [-0.25, -0.2) is 4.39 Å². The van der Waals surface area contributed by atoms with Crippen molar-refractivity contribution in [2.24, 2.45) is 5.92 Å². The van der Waals surface area contributed by atoms with Gasteiger partial charge in [-0.3, -0.25) is 9.59 Å². The molecule has 2 atom stereocenters. The average Bonchev–Trinajstić information content (AvgIpc) is 3.52. The zero-order valence-electron chi connectivity index (χ0n) is 22.2. The lowest BCUT2D eigenvalue weighted by Crippen LogP contribution is -2.34. The molecule has 1 fully saturated rings. The van der Waals surface area contributed by atoms with Crippen molar-refractivity contribution in [1.82, 2.24) is 15.8 Å². The quantitative estimate of drug-likeness (QED) is 0.369. The molecule has 1 heterocycles. The Balaban J connectivity index is 1.33. The molecule has 0 saturated heterocycles. The number of carbonyl (C=O) groups excluding carboxylic acids is 2. The number of carbonyl (C=O) groups is 2.